The topological polar surface area (TPSA) is 29.5 Å². The summed E-state index contributed by atoms with van der Waals surface area (Å²) < 4.78 is 5.99. The van der Waals surface area contributed by atoms with E-state index in [9.17, 15) is 4.79 Å². The molecule has 144 valence electrons. The molecule has 28 heavy (non-hydrogen) atoms. The van der Waals surface area contributed by atoms with Crippen LogP contribution in [0.2, 0.25) is 5.02 Å². The number of ether oxygens (including phenoxy) is 1. The first-order valence-electron chi connectivity index (χ1n) is 9.44. The van der Waals surface area contributed by atoms with Crippen LogP contribution in [0.4, 0.5) is 0 Å². The van der Waals surface area contributed by atoms with Gasteiger partial charge in [-0.15, -0.1) is 0 Å². The highest BCUT2D eigenvalue weighted by Crippen LogP contribution is 2.20. The molecule has 0 spiro atoms. The summed E-state index contributed by atoms with van der Waals surface area (Å²) in [5.74, 6) is 0.620. The summed E-state index contributed by atoms with van der Waals surface area (Å²) in [6.45, 7) is 3.03. The van der Waals surface area contributed by atoms with Gasteiger partial charge in [0, 0.05) is 18.1 Å². The fourth-order valence-corrected chi connectivity index (χ4v) is 3.13. The number of amides is 1. The molecule has 0 aliphatic heterocycles. The molecule has 0 aromatic heterocycles. The molecule has 0 fully saturated rings. The third kappa shape index (κ3) is 5.61. The van der Waals surface area contributed by atoms with Gasteiger partial charge in [0.2, 0.25) is 0 Å². The third-order valence-electron chi connectivity index (χ3n) is 4.48. The van der Waals surface area contributed by atoms with Gasteiger partial charge in [-0.3, -0.25) is 4.79 Å². The number of hydrogen-bond donors (Lipinski definition) is 0. The molecule has 3 aromatic rings. The smallest absolute Gasteiger partial charge is 0.264 e. The van der Waals surface area contributed by atoms with Crippen LogP contribution in [0.3, 0.4) is 0 Å². The van der Waals surface area contributed by atoms with Crippen molar-refractivity contribution in [2.24, 2.45) is 0 Å². The Balaban J connectivity index is 1.79. The molecule has 0 saturated carbocycles. The van der Waals surface area contributed by atoms with Gasteiger partial charge in [0.15, 0.2) is 6.10 Å². The second-order valence-corrected chi connectivity index (χ2v) is 7.07. The molecule has 0 N–H and O–H groups in total. The van der Waals surface area contributed by atoms with Crippen LogP contribution in [0.15, 0.2) is 84.9 Å². The summed E-state index contributed by atoms with van der Waals surface area (Å²) in [6, 6.07) is 27.1. The summed E-state index contributed by atoms with van der Waals surface area (Å²) in [5, 5.41) is 0.640. The van der Waals surface area contributed by atoms with Gasteiger partial charge in [0.05, 0.1) is 0 Å². The SMILES string of the molecule is CC[C@H](Oc1ccc(Cl)cc1)C(=O)N(Cc1ccccc1)Cc1ccccc1. The van der Waals surface area contributed by atoms with Crippen molar-refractivity contribution >= 4 is 17.5 Å². The maximum absolute atomic E-state index is 13.3. The Bertz CT molecular complexity index is 825. The summed E-state index contributed by atoms with van der Waals surface area (Å²) in [6.07, 6.45) is 0.0373. The monoisotopic (exact) mass is 393 g/mol. The van der Waals surface area contributed by atoms with E-state index in [1.807, 2.05) is 72.5 Å². The van der Waals surface area contributed by atoms with Crippen molar-refractivity contribution in [1.82, 2.24) is 4.90 Å². The van der Waals surface area contributed by atoms with Crippen LogP contribution in [0.1, 0.15) is 24.5 Å². The van der Waals surface area contributed by atoms with Crippen molar-refractivity contribution in [2.45, 2.75) is 32.5 Å². The summed E-state index contributed by atoms with van der Waals surface area (Å²) in [5.41, 5.74) is 2.18. The molecule has 0 unspecified atom stereocenters. The fourth-order valence-electron chi connectivity index (χ4n) is 3.01. The Morgan fingerprint density at radius 2 is 1.36 bits per heavy atom. The van der Waals surface area contributed by atoms with Crippen LogP contribution in [-0.4, -0.2) is 16.9 Å². The number of rotatable bonds is 8. The molecular formula is C24H24ClNO2. The highest BCUT2D eigenvalue weighted by atomic mass is 35.5. The zero-order chi connectivity index (χ0) is 19.8. The summed E-state index contributed by atoms with van der Waals surface area (Å²) in [4.78, 5) is 15.2. The van der Waals surface area contributed by atoms with Gasteiger partial charge in [-0.2, -0.15) is 0 Å². The standard InChI is InChI=1S/C24H24ClNO2/c1-2-23(28-22-15-13-21(25)14-16-22)24(27)26(17-19-9-5-3-6-10-19)18-20-11-7-4-8-12-20/h3-16,23H,2,17-18H2,1H3/t23-/m0/s1. The summed E-state index contributed by atoms with van der Waals surface area (Å²) >= 11 is 5.94. The van der Waals surface area contributed by atoms with Crippen molar-refractivity contribution < 1.29 is 9.53 Å². The number of halogens is 1. The fraction of sp³-hybridized carbons (Fsp3) is 0.208. The lowest BCUT2D eigenvalue weighted by molar-refractivity contribution is -0.140. The second-order valence-electron chi connectivity index (χ2n) is 6.63. The summed E-state index contributed by atoms with van der Waals surface area (Å²) in [7, 11) is 0. The van der Waals surface area contributed by atoms with Gasteiger partial charge >= 0.3 is 0 Å². The predicted molar refractivity (Wildman–Crippen MR) is 113 cm³/mol. The third-order valence-corrected chi connectivity index (χ3v) is 4.73. The molecule has 3 aromatic carbocycles. The first-order chi connectivity index (χ1) is 13.7. The van der Waals surface area contributed by atoms with Crippen molar-refractivity contribution in [1.29, 1.82) is 0 Å². The van der Waals surface area contributed by atoms with E-state index >= 15 is 0 Å². The van der Waals surface area contributed by atoms with E-state index in [1.54, 1.807) is 24.3 Å². The quantitative estimate of drug-likeness (QED) is 0.489. The largest absolute Gasteiger partial charge is 0.481 e. The first-order valence-corrected chi connectivity index (χ1v) is 9.82. The number of nitrogens with zero attached hydrogens (tertiary/aromatic N) is 1. The molecule has 4 heteroatoms. The maximum Gasteiger partial charge on any atom is 0.264 e. The van der Waals surface area contributed by atoms with Gasteiger partial charge in [-0.05, 0) is 41.8 Å². The Morgan fingerprint density at radius 1 is 0.857 bits per heavy atom. The lowest BCUT2D eigenvalue weighted by Gasteiger charge is -2.27. The van der Waals surface area contributed by atoms with Gasteiger partial charge in [-0.1, -0.05) is 79.2 Å². The number of benzene rings is 3. The molecule has 1 amide bonds. The zero-order valence-corrected chi connectivity index (χ0v) is 16.7. The van der Waals surface area contributed by atoms with Gasteiger partial charge in [0.25, 0.3) is 5.91 Å². The predicted octanol–water partition coefficient (Wildman–Crippen LogP) is 5.73. The van der Waals surface area contributed by atoms with E-state index in [0.29, 0.717) is 30.3 Å². The Kier molecular flexibility index (Phi) is 7.10. The van der Waals surface area contributed by atoms with E-state index in [2.05, 4.69) is 0 Å². The normalized spacial score (nSPS) is 11.6. The van der Waals surface area contributed by atoms with Crippen molar-refractivity contribution in [2.75, 3.05) is 0 Å². The average molecular weight is 394 g/mol. The number of hydrogen-bond acceptors (Lipinski definition) is 2. The lowest BCUT2D eigenvalue weighted by atomic mass is 10.1. The van der Waals surface area contributed by atoms with Crippen LogP contribution < -0.4 is 4.74 Å². The Hall–Kier alpha value is -2.78. The molecule has 0 radical (unpaired) electrons. The molecule has 0 aliphatic carbocycles. The minimum atomic E-state index is -0.548. The Morgan fingerprint density at radius 3 is 1.82 bits per heavy atom. The second kappa shape index (κ2) is 9.95. The van der Waals surface area contributed by atoms with Crippen LogP contribution >= 0.6 is 11.6 Å². The van der Waals surface area contributed by atoms with E-state index in [1.165, 1.54) is 0 Å². The van der Waals surface area contributed by atoms with E-state index in [0.717, 1.165) is 11.1 Å². The van der Waals surface area contributed by atoms with Crippen LogP contribution in [0, 0.1) is 0 Å². The lowest BCUT2D eigenvalue weighted by Crippen LogP contribution is -2.41. The number of carbonyl (C=O) groups excluding carboxylic acids is 1. The van der Waals surface area contributed by atoms with E-state index in [-0.39, 0.29) is 5.91 Å². The maximum atomic E-state index is 13.3. The molecule has 0 aliphatic rings. The Labute approximate surface area is 171 Å². The highest BCUT2D eigenvalue weighted by Gasteiger charge is 2.25. The molecular weight excluding hydrogens is 370 g/mol. The van der Waals surface area contributed by atoms with E-state index < -0.39 is 6.10 Å². The molecule has 3 rings (SSSR count). The minimum absolute atomic E-state index is 0.0230. The highest BCUT2D eigenvalue weighted by molar-refractivity contribution is 6.30. The van der Waals surface area contributed by atoms with Gasteiger partial charge in [0.1, 0.15) is 5.75 Å². The molecule has 1 atom stereocenters. The average Bonchev–Trinajstić information content (AvgIpc) is 2.74. The minimum Gasteiger partial charge on any atom is -0.481 e. The molecule has 0 heterocycles. The molecule has 0 bridgehead atoms. The van der Waals surface area contributed by atoms with Crippen molar-refractivity contribution in [3.63, 3.8) is 0 Å². The van der Waals surface area contributed by atoms with Crippen molar-refractivity contribution in [3.8, 4) is 5.75 Å². The van der Waals surface area contributed by atoms with E-state index in [4.69, 9.17) is 16.3 Å². The van der Waals surface area contributed by atoms with Crippen LogP contribution in [0.25, 0.3) is 0 Å². The number of carbonyl (C=O) groups is 1. The molecule has 0 saturated heterocycles. The van der Waals surface area contributed by atoms with Crippen LogP contribution in [-0.2, 0) is 17.9 Å². The molecule has 3 nitrogen and oxygen atoms in total. The first kappa shape index (κ1) is 20.0. The van der Waals surface area contributed by atoms with Gasteiger partial charge in [-0.25, -0.2) is 0 Å². The van der Waals surface area contributed by atoms with Crippen LogP contribution in [0.5, 0.6) is 5.75 Å². The van der Waals surface area contributed by atoms with Gasteiger partial charge < -0.3 is 9.64 Å². The van der Waals surface area contributed by atoms with Crippen molar-refractivity contribution in [3.05, 3.63) is 101 Å². The zero-order valence-electron chi connectivity index (χ0n) is 15.9.